The van der Waals surface area contributed by atoms with E-state index in [4.69, 9.17) is 0 Å². The highest BCUT2D eigenvalue weighted by Crippen LogP contribution is 2.10. The van der Waals surface area contributed by atoms with Crippen LogP contribution in [0.15, 0.2) is 29.5 Å². The second-order valence-electron chi connectivity index (χ2n) is 5.19. The largest absolute Gasteiger partial charge is 0.340 e. The molecule has 2 aromatic heterocycles. The van der Waals surface area contributed by atoms with Gasteiger partial charge in [-0.2, -0.15) is 16.4 Å². The first-order valence-electron chi connectivity index (χ1n) is 7.15. The highest BCUT2D eigenvalue weighted by Gasteiger charge is 2.20. The lowest BCUT2D eigenvalue weighted by atomic mass is 10.2. The first kappa shape index (κ1) is 14.2. The summed E-state index contributed by atoms with van der Waals surface area (Å²) in [6.07, 6.45) is 3.82. The molecule has 1 aliphatic rings. The van der Waals surface area contributed by atoms with Crippen LogP contribution in [-0.2, 0) is 17.8 Å². The molecule has 6 nitrogen and oxygen atoms in total. The van der Waals surface area contributed by atoms with Crippen molar-refractivity contribution < 1.29 is 4.79 Å². The number of aromatic nitrogens is 3. The van der Waals surface area contributed by atoms with E-state index in [0.29, 0.717) is 6.42 Å². The Bertz CT molecular complexity index is 546. The molecule has 1 aliphatic heterocycles. The number of thiophene rings is 1. The van der Waals surface area contributed by atoms with Crippen molar-refractivity contribution in [2.24, 2.45) is 0 Å². The van der Waals surface area contributed by atoms with Crippen LogP contribution in [0.3, 0.4) is 0 Å². The molecule has 0 spiro atoms. The van der Waals surface area contributed by atoms with Gasteiger partial charge in [0, 0.05) is 32.7 Å². The zero-order valence-corrected chi connectivity index (χ0v) is 12.7. The quantitative estimate of drug-likeness (QED) is 0.817. The van der Waals surface area contributed by atoms with E-state index >= 15 is 0 Å². The van der Waals surface area contributed by atoms with Crippen molar-refractivity contribution in [3.63, 3.8) is 0 Å². The molecule has 1 amide bonds. The zero-order valence-electron chi connectivity index (χ0n) is 11.9. The van der Waals surface area contributed by atoms with Gasteiger partial charge in [0.25, 0.3) is 0 Å². The normalized spacial score (nSPS) is 16.3. The fourth-order valence-corrected chi connectivity index (χ4v) is 3.16. The Balaban J connectivity index is 1.41. The summed E-state index contributed by atoms with van der Waals surface area (Å²) in [6, 6.07) is 2.02. The molecule has 112 valence electrons. The van der Waals surface area contributed by atoms with Gasteiger partial charge in [0.05, 0.1) is 13.0 Å². The van der Waals surface area contributed by atoms with Gasteiger partial charge in [-0.05, 0) is 22.4 Å². The van der Waals surface area contributed by atoms with Crippen molar-refractivity contribution >= 4 is 17.2 Å². The maximum Gasteiger partial charge on any atom is 0.227 e. The number of hydrogen-bond donors (Lipinski definition) is 0. The molecule has 3 heterocycles. The van der Waals surface area contributed by atoms with Crippen molar-refractivity contribution in [2.75, 3.05) is 32.7 Å². The van der Waals surface area contributed by atoms with E-state index in [-0.39, 0.29) is 5.91 Å². The molecule has 0 saturated carbocycles. The number of amides is 1. The lowest BCUT2D eigenvalue weighted by Gasteiger charge is -2.34. The van der Waals surface area contributed by atoms with Gasteiger partial charge in [-0.1, -0.05) is 0 Å². The van der Waals surface area contributed by atoms with Gasteiger partial charge in [0.1, 0.15) is 12.7 Å². The maximum absolute atomic E-state index is 12.2. The van der Waals surface area contributed by atoms with Crippen molar-refractivity contribution in [3.05, 3.63) is 35.0 Å². The third kappa shape index (κ3) is 3.89. The second kappa shape index (κ2) is 6.82. The Morgan fingerprint density at radius 2 is 2.10 bits per heavy atom. The Morgan fingerprint density at radius 3 is 2.76 bits per heavy atom. The molecule has 0 N–H and O–H groups in total. The Morgan fingerprint density at radius 1 is 1.24 bits per heavy atom. The SMILES string of the molecule is O=C(Cc1ccsc1)N1CCN(CCn2cncn2)CC1. The van der Waals surface area contributed by atoms with E-state index in [2.05, 4.69) is 15.0 Å². The average Bonchev–Trinajstić information content (AvgIpc) is 3.19. The molecule has 1 saturated heterocycles. The van der Waals surface area contributed by atoms with Crippen LogP contribution in [0.2, 0.25) is 0 Å². The monoisotopic (exact) mass is 305 g/mol. The highest BCUT2D eigenvalue weighted by molar-refractivity contribution is 7.07. The minimum atomic E-state index is 0.240. The Kier molecular flexibility index (Phi) is 4.62. The highest BCUT2D eigenvalue weighted by atomic mass is 32.1. The summed E-state index contributed by atoms with van der Waals surface area (Å²) in [5.41, 5.74) is 1.12. The maximum atomic E-state index is 12.2. The number of piperazine rings is 1. The van der Waals surface area contributed by atoms with Gasteiger partial charge >= 0.3 is 0 Å². The van der Waals surface area contributed by atoms with E-state index in [1.165, 1.54) is 0 Å². The van der Waals surface area contributed by atoms with E-state index in [9.17, 15) is 4.79 Å². The third-order valence-electron chi connectivity index (χ3n) is 3.77. The summed E-state index contributed by atoms with van der Waals surface area (Å²) >= 11 is 1.64. The smallest absolute Gasteiger partial charge is 0.227 e. The van der Waals surface area contributed by atoms with Gasteiger partial charge in [0.2, 0.25) is 5.91 Å². The molecule has 0 aliphatic carbocycles. The van der Waals surface area contributed by atoms with Crippen LogP contribution < -0.4 is 0 Å². The Labute approximate surface area is 128 Å². The van der Waals surface area contributed by atoms with Crippen LogP contribution in [0, 0.1) is 0 Å². The Hall–Kier alpha value is -1.73. The molecular formula is C14H19N5OS. The van der Waals surface area contributed by atoms with Crippen LogP contribution in [0.25, 0.3) is 0 Å². The molecule has 0 unspecified atom stereocenters. The van der Waals surface area contributed by atoms with Crippen molar-refractivity contribution in [2.45, 2.75) is 13.0 Å². The van der Waals surface area contributed by atoms with Crippen LogP contribution in [-0.4, -0.2) is 63.2 Å². The summed E-state index contributed by atoms with van der Waals surface area (Å²) in [4.78, 5) is 20.5. The summed E-state index contributed by atoms with van der Waals surface area (Å²) in [5, 5.41) is 8.17. The summed E-state index contributed by atoms with van der Waals surface area (Å²) in [6.45, 7) is 5.31. The standard InChI is InChI=1S/C14H19N5OS/c20-14(9-13-1-8-21-10-13)18-5-2-17(3-6-18)4-7-19-12-15-11-16-19/h1,8,10-12H,2-7,9H2. The molecule has 0 bridgehead atoms. The second-order valence-corrected chi connectivity index (χ2v) is 5.97. The first-order valence-corrected chi connectivity index (χ1v) is 8.09. The average molecular weight is 305 g/mol. The minimum Gasteiger partial charge on any atom is -0.340 e. The van der Waals surface area contributed by atoms with Crippen molar-refractivity contribution in [3.8, 4) is 0 Å². The number of rotatable bonds is 5. The molecule has 7 heteroatoms. The number of nitrogens with zero attached hydrogens (tertiary/aromatic N) is 5. The zero-order chi connectivity index (χ0) is 14.5. The predicted molar refractivity (Wildman–Crippen MR) is 81.1 cm³/mol. The fraction of sp³-hybridized carbons (Fsp3) is 0.500. The van der Waals surface area contributed by atoms with E-state index < -0.39 is 0 Å². The van der Waals surface area contributed by atoms with Crippen molar-refractivity contribution in [1.82, 2.24) is 24.6 Å². The summed E-state index contributed by atoms with van der Waals surface area (Å²) in [5.74, 6) is 0.240. The molecular weight excluding hydrogens is 286 g/mol. The fourth-order valence-electron chi connectivity index (χ4n) is 2.49. The predicted octanol–water partition coefficient (Wildman–Crippen LogP) is 0.727. The van der Waals surface area contributed by atoms with E-state index in [0.717, 1.165) is 44.8 Å². The molecule has 1 fully saturated rings. The third-order valence-corrected chi connectivity index (χ3v) is 4.50. The number of hydrogen-bond acceptors (Lipinski definition) is 5. The number of carbonyl (C=O) groups is 1. The molecule has 0 aromatic carbocycles. The van der Waals surface area contributed by atoms with Crippen molar-refractivity contribution in [1.29, 1.82) is 0 Å². The van der Waals surface area contributed by atoms with Gasteiger partial charge in [0.15, 0.2) is 0 Å². The van der Waals surface area contributed by atoms with E-state index in [1.54, 1.807) is 24.0 Å². The molecule has 21 heavy (non-hydrogen) atoms. The van der Waals surface area contributed by atoms with Gasteiger partial charge in [-0.25, -0.2) is 4.98 Å². The van der Waals surface area contributed by atoms with Crippen LogP contribution in [0.1, 0.15) is 5.56 Å². The lowest BCUT2D eigenvalue weighted by Crippen LogP contribution is -2.49. The number of carbonyl (C=O) groups excluding carboxylic acids is 1. The van der Waals surface area contributed by atoms with Gasteiger partial charge in [-0.3, -0.25) is 14.4 Å². The molecule has 0 radical (unpaired) electrons. The molecule has 3 rings (SSSR count). The summed E-state index contributed by atoms with van der Waals surface area (Å²) in [7, 11) is 0. The summed E-state index contributed by atoms with van der Waals surface area (Å²) < 4.78 is 1.84. The first-order chi connectivity index (χ1) is 10.3. The van der Waals surface area contributed by atoms with Gasteiger partial charge in [-0.15, -0.1) is 0 Å². The van der Waals surface area contributed by atoms with Crippen LogP contribution >= 0.6 is 11.3 Å². The van der Waals surface area contributed by atoms with Crippen LogP contribution in [0.5, 0.6) is 0 Å². The van der Waals surface area contributed by atoms with E-state index in [1.807, 2.05) is 26.4 Å². The minimum absolute atomic E-state index is 0.240. The molecule has 2 aromatic rings. The lowest BCUT2D eigenvalue weighted by molar-refractivity contribution is -0.132. The van der Waals surface area contributed by atoms with Crippen LogP contribution in [0.4, 0.5) is 0 Å². The molecule has 0 atom stereocenters. The van der Waals surface area contributed by atoms with Gasteiger partial charge < -0.3 is 4.90 Å². The topological polar surface area (TPSA) is 54.3 Å².